The lowest BCUT2D eigenvalue weighted by Crippen LogP contribution is -2.25. The first-order valence-electron chi connectivity index (χ1n) is 6.62. The molecule has 0 aliphatic rings. The monoisotopic (exact) mass is 317 g/mol. The van der Waals surface area contributed by atoms with Crippen molar-refractivity contribution in [3.63, 3.8) is 0 Å². The molecule has 0 radical (unpaired) electrons. The number of hydrogen-bond acceptors (Lipinski definition) is 5. The van der Waals surface area contributed by atoms with Crippen molar-refractivity contribution in [2.75, 3.05) is 6.54 Å². The van der Waals surface area contributed by atoms with Crippen LogP contribution in [0, 0.1) is 5.82 Å². The molecular weight excluding hydrogens is 305 g/mol. The van der Waals surface area contributed by atoms with Gasteiger partial charge in [0.05, 0.1) is 4.88 Å². The maximum atomic E-state index is 13.0. The molecular formula is C15H12FN3O2S. The molecule has 112 valence electrons. The molecule has 0 saturated carbocycles. The number of aromatic nitrogens is 2. The van der Waals surface area contributed by atoms with Crippen LogP contribution in [0.5, 0.6) is 0 Å². The highest BCUT2D eigenvalue weighted by molar-refractivity contribution is 7.13. The largest absolute Gasteiger partial charge is 0.420 e. The molecule has 2 heterocycles. The molecule has 1 N–H and O–H groups in total. The van der Waals surface area contributed by atoms with Crippen LogP contribution < -0.4 is 5.32 Å². The average Bonchev–Trinajstić information content (AvgIpc) is 3.18. The first kappa shape index (κ1) is 14.4. The topological polar surface area (TPSA) is 68.0 Å². The molecule has 0 fully saturated rings. The Morgan fingerprint density at radius 2 is 2.18 bits per heavy atom. The first-order valence-corrected chi connectivity index (χ1v) is 7.50. The molecule has 0 bridgehead atoms. The van der Waals surface area contributed by atoms with Crippen molar-refractivity contribution in [3.8, 4) is 10.8 Å². The summed E-state index contributed by atoms with van der Waals surface area (Å²) < 4.78 is 18.6. The summed E-state index contributed by atoms with van der Waals surface area (Å²) in [6.45, 7) is 0.335. The Kier molecular flexibility index (Phi) is 4.24. The van der Waals surface area contributed by atoms with Gasteiger partial charge >= 0.3 is 0 Å². The number of nitrogens with one attached hydrogen (secondary N) is 1. The highest BCUT2D eigenvalue weighted by atomic mass is 32.1. The zero-order chi connectivity index (χ0) is 15.4. The summed E-state index contributed by atoms with van der Waals surface area (Å²) in [5.74, 6) is 0.145. The summed E-state index contributed by atoms with van der Waals surface area (Å²) >= 11 is 1.52. The Morgan fingerprint density at radius 1 is 1.27 bits per heavy atom. The molecule has 7 heteroatoms. The highest BCUT2D eigenvalue weighted by Gasteiger charge is 2.10. The summed E-state index contributed by atoms with van der Waals surface area (Å²) in [5.41, 5.74) is 0.282. The molecule has 22 heavy (non-hydrogen) atoms. The van der Waals surface area contributed by atoms with Gasteiger partial charge in [-0.15, -0.1) is 21.5 Å². The van der Waals surface area contributed by atoms with E-state index in [9.17, 15) is 9.18 Å². The predicted octanol–water partition coefficient (Wildman–Crippen LogP) is 2.91. The van der Waals surface area contributed by atoms with Crippen LogP contribution >= 0.6 is 11.3 Å². The van der Waals surface area contributed by atoms with Crippen LogP contribution in [0.3, 0.4) is 0 Å². The molecule has 0 aliphatic carbocycles. The molecule has 2 aromatic heterocycles. The minimum absolute atomic E-state index is 0.282. The van der Waals surface area contributed by atoms with Crippen molar-refractivity contribution in [2.24, 2.45) is 0 Å². The van der Waals surface area contributed by atoms with Gasteiger partial charge in [0.2, 0.25) is 5.89 Å². The molecule has 0 unspecified atom stereocenters. The minimum Gasteiger partial charge on any atom is -0.420 e. The van der Waals surface area contributed by atoms with Gasteiger partial charge in [-0.3, -0.25) is 4.79 Å². The summed E-state index contributed by atoms with van der Waals surface area (Å²) in [6.07, 6.45) is 0.416. The first-order chi connectivity index (χ1) is 10.7. The van der Waals surface area contributed by atoms with Crippen LogP contribution in [-0.2, 0) is 6.42 Å². The maximum absolute atomic E-state index is 13.0. The normalized spacial score (nSPS) is 10.6. The Bertz CT molecular complexity index is 771. The molecule has 0 aliphatic heterocycles. The van der Waals surface area contributed by atoms with E-state index in [4.69, 9.17) is 4.42 Å². The van der Waals surface area contributed by atoms with E-state index in [1.54, 1.807) is 6.07 Å². The standard InChI is InChI=1S/C15H12FN3O2S/c16-11-4-1-3-10(9-11)14(20)17-7-6-13-18-19-15(21-13)12-5-2-8-22-12/h1-5,8-9H,6-7H2,(H,17,20). The molecule has 0 saturated heterocycles. The van der Waals surface area contributed by atoms with Crippen LogP contribution in [0.2, 0.25) is 0 Å². The number of amides is 1. The highest BCUT2D eigenvalue weighted by Crippen LogP contribution is 2.22. The van der Waals surface area contributed by atoms with Crippen molar-refractivity contribution in [2.45, 2.75) is 6.42 Å². The molecule has 1 amide bonds. The van der Waals surface area contributed by atoms with Crippen molar-refractivity contribution in [1.29, 1.82) is 0 Å². The van der Waals surface area contributed by atoms with Crippen molar-refractivity contribution in [1.82, 2.24) is 15.5 Å². The lowest BCUT2D eigenvalue weighted by molar-refractivity contribution is 0.0953. The molecule has 1 aromatic carbocycles. The lowest BCUT2D eigenvalue weighted by Gasteiger charge is -2.03. The third-order valence-corrected chi connectivity index (χ3v) is 3.77. The van der Waals surface area contributed by atoms with Crippen LogP contribution in [0.15, 0.2) is 46.2 Å². The smallest absolute Gasteiger partial charge is 0.257 e. The van der Waals surface area contributed by atoms with Crippen LogP contribution in [0.1, 0.15) is 16.2 Å². The van der Waals surface area contributed by atoms with Crippen LogP contribution in [0.4, 0.5) is 4.39 Å². The van der Waals surface area contributed by atoms with Gasteiger partial charge in [0, 0.05) is 18.5 Å². The van der Waals surface area contributed by atoms with Gasteiger partial charge in [-0.1, -0.05) is 12.1 Å². The third-order valence-electron chi connectivity index (χ3n) is 2.91. The van der Waals surface area contributed by atoms with Crippen LogP contribution in [-0.4, -0.2) is 22.6 Å². The van der Waals surface area contributed by atoms with E-state index in [0.717, 1.165) is 4.88 Å². The Labute approximate surface area is 129 Å². The molecule has 0 spiro atoms. The van der Waals surface area contributed by atoms with E-state index in [1.165, 1.54) is 29.5 Å². The van der Waals surface area contributed by atoms with E-state index >= 15 is 0 Å². The number of benzene rings is 1. The zero-order valence-corrected chi connectivity index (χ0v) is 12.3. The van der Waals surface area contributed by atoms with Gasteiger partial charge in [-0.2, -0.15) is 0 Å². The van der Waals surface area contributed by atoms with Gasteiger partial charge in [0.25, 0.3) is 11.8 Å². The van der Waals surface area contributed by atoms with Gasteiger partial charge in [-0.25, -0.2) is 4.39 Å². The van der Waals surface area contributed by atoms with Crippen LogP contribution in [0.25, 0.3) is 10.8 Å². The SMILES string of the molecule is O=C(NCCc1nnc(-c2cccs2)o1)c1cccc(F)c1. The van der Waals surface area contributed by atoms with E-state index in [0.29, 0.717) is 24.7 Å². The summed E-state index contributed by atoms with van der Waals surface area (Å²) in [7, 11) is 0. The fourth-order valence-electron chi connectivity index (χ4n) is 1.87. The van der Waals surface area contributed by atoms with Gasteiger partial charge < -0.3 is 9.73 Å². The van der Waals surface area contributed by atoms with Crippen molar-refractivity contribution in [3.05, 3.63) is 59.0 Å². The quantitative estimate of drug-likeness (QED) is 0.785. The summed E-state index contributed by atoms with van der Waals surface area (Å²) in [5, 5.41) is 12.5. The van der Waals surface area contributed by atoms with Gasteiger partial charge in [0.15, 0.2) is 0 Å². The number of nitrogens with zero attached hydrogens (tertiary/aromatic N) is 2. The number of thiophene rings is 1. The Morgan fingerprint density at radius 3 is 2.95 bits per heavy atom. The zero-order valence-electron chi connectivity index (χ0n) is 11.5. The number of carbonyl (C=O) groups is 1. The van der Waals surface area contributed by atoms with Gasteiger partial charge in [0.1, 0.15) is 5.82 Å². The second kappa shape index (κ2) is 6.48. The Hall–Kier alpha value is -2.54. The van der Waals surface area contributed by atoms with Gasteiger partial charge in [-0.05, 0) is 29.6 Å². The second-order valence-corrected chi connectivity index (χ2v) is 5.44. The van der Waals surface area contributed by atoms with E-state index in [-0.39, 0.29) is 11.5 Å². The van der Waals surface area contributed by atoms with E-state index in [2.05, 4.69) is 15.5 Å². The molecule has 0 atom stereocenters. The summed E-state index contributed by atoms with van der Waals surface area (Å²) in [4.78, 5) is 12.7. The second-order valence-electron chi connectivity index (χ2n) is 4.49. The number of rotatable bonds is 5. The Balaban J connectivity index is 1.54. The number of hydrogen-bond donors (Lipinski definition) is 1. The third kappa shape index (κ3) is 3.37. The predicted molar refractivity (Wildman–Crippen MR) is 80.0 cm³/mol. The number of halogens is 1. The van der Waals surface area contributed by atoms with E-state index in [1.807, 2.05) is 17.5 Å². The van der Waals surface area contributed by atoms with Crippen molar-refractivity contribution >= 4 is 17.2 Å². The molecule has 3 aromatic rings. The molecule has 3 rings (SSSR count). The molecule has 5 nitrogen and oxygen atoms in total. The fourth-order valence-corrected chi connectivity index (χ4v) is 2.51. The fraction of sp³-hybridized carbons (Fsp3) is 0.133. The van der Waals surface area contributed by atoms with E-state index < -0.39 is 5.82 Å². The van der Waals surface area contributed by atoms with Crippen molar-refractivity contribution < 1.29 is 13.6 Å². The number of carbonyl (C=O) groups excluding carboxylic acids is 1. The maximum Gasteiger partial charge on any atom is 0.257 e. The summed E-state index contributed by atoms with van der Waals surface area (Å²) in [6, 6.07) is 9.34. The lowest BCUT2D eigenvalue weighted by atomic mass is 10.2. The average molecular weight is 317 g/mol. The minimum atomic E-state index is -0.440.